The SMILES string of the molecule is CCCS(=O)(CCC)(CCC)OC(=O)C(=O)OS(=O)(CCC)(CCC)CCC. The van der Waals surface area contributed by atoms with Gasteiger partial charge in [0, 0.05) is 34.5 Å². The average Bonchev–Trinajstić information content (AvgIpc) is 2.55. The summed E-state index contributed by atoms with van der Waals surface area (Å²) in [7, 11) is -7.53. The molecule has 0 aliphatic rings. The molecule has 0 spiro atoms. The van der Waals surface area contributed by atoms with Crippen molar-refractivity contribution in [3.05, 3.63) is 0 Å². The first kappa shape index (κ1) is 27.2. The van der Waals surface area contributed by atoms with E-state index in [2.05, 4.69) is 0 Å². The molecule has 0 bridgehead atoms. The Hall–Kier alpha value is -0.760. The van der Waals surface area contributed by atoms with Gasteiger partial charge in [-0.1, -0.05) is 41.5 Å². The van der Waals surface area contributed by atoms with Crippen molar-refractivity contribution in [1.82, 2.24) is 0 Å². The molecule has 0 heterocycles. The Morgan fingerprint density at radius 1 is 0.500 bits per heavy atom. The minimum absolute atomic E-state index is 0.232. The molecule has 0 aliphatic carbocycles. The van der Waals surface area contributed by atoms with Gasteiger partial charge in [0.15, 0.2) is 0 Å². The van der Waals surface area contributed by atoms with Crippen LogP contribution in [0.1, 0.15) is 80.1 Å². The van der Waals surface area contributed by atoms with Crippen molar-refractivity contribution >= 4 is 30.6 Å². The standard InChI is InChI=1S/C20H42O6S2/c1-7-13-27(23,14-8-2,15-9-3)25-19(21)20(22)26-28(24,16-10-4,17-11-5)18-12-6/h7-18H2,1-6H3. The molecule has 0 aromatic carbocycles. The minimum Gasteiger partial charge on any atom is -0.348 e. The van der Waals surface area contributed by atoms with Crippen LogP contribution in [-0.4, -0.2) is 54.9 Å². The normalized spacial score (nSPS) is 15.1. The van der Waals surface area contributed by atoms with Crippen LogP contribution >= 0.6 is 0 Å². The Morgan fingerprint density at radius 3 is 0.821 bits per heavy atom. The maximum atomic E-state index is 13.8. The number of hydrogen-bond acceptors (Lipinski definition) is 6. The van der Waals surface area contributed by atoms with Gasteiger partial charge in [-0.15, -0.1) is 18.7 Å². The van der Waals surface area contributed by atoms with E-state index in [0.717, 1.165) is 0 Å². The predicted octanol–water partition coefficient (Wildman–Crippen LogP) is 4.00. The molecule has 0 saturated carbocycles. The summed E-state index contributed by atoms with van der Waals surface area (Å²) in [5.74, 6) is -1.15. The van der Waals surface area contributed by atoms with E-state index in [1.165, 1.54) is 0 Å². The zero-order valence-electron chi connectivity index (χ0n) is 18.8. The second-order valence-corrected chi connectivity index (χ2v) is 16.1. The largest absolute Gasteiger partial charge is 0.440 e. The van der Waals surface area contributed by atoms with Gasteiger partial charge in [-0.05, 0) is 38.5 Å². The van der Waals surface area contributed by atoms with Crippen molar-refractivity contribution in [2.24, 2.45) is 0 Å². The molecule has 0 N–H and O–H groups in total. The summed E-state index contributed by atoms with van der Waals surface area (Å²) >= 11 is 0. The van der Waals surface area contributed by atoms with Crippen LogP contribution in [0, 0.1) is 0 Å². The molecule has 8 heteroatoms. The van der Waals surface area contributed by atoms with Crippen molar-refractivity contribution in [3.8, 4) is 0 Å². The molecule has 0 radical (unpaired) electrons. The van der Waals surface area contributed by atoms with E-state index < -0.39 is 30.6 Å². The molecule has 0 aromatic rings. The van der Waals surface area contributed by atoms with Crippen LogP contribution < -0.4 is 0 Å². The summed E-state index contributed by atoms with van der Waals surface area (Å²) in [6.45, 7) is 11.2. The molecule has 0 aliphatic heterocycles. The van der Waals surface area contributed by atoms with E-state index in [0.29, 0.717) is 38.5 Å². The summed E-state index contributed by atoms with van der Waals surface area (Å²) in [5, 5.41) is 0. The molecule has 0 saturated heterocycles. The van der Waals surface area contributed by atoms with Gasteiger partial charge in [-0.2, -0.15) is 8.42 Å². The Balaban J connectivity index is 5.81. The quantitative estimate of drug-likeness (QED) is 0.378. The van der Waals surface area contributed by atoms with Crippen LogP contribution in [0.3, 0.4) is 0 Å². The summed E-state index contributed by atoms with van der Waals surface area (Å²) in [4.78, 5) is 25.3. The van der Waals surface area contributed by atoms with Crippen LogP contribution in [0.5, 0.6) is 0 Å². The Bertz CT molecular complexity index is 544. The van der Waals surface area contributed by atoms with Crippen LogP contribution in [0.25, 0.3) is 0 Å². The van der Waals surface area contributed by atoms with E-state index in [9.17, 15) is 18.0 Å². The fraction of sp³-hybridized carbons (Fsp3) is 0.900. The van der Waals surface area contributed by atoms with Crippen LogP contribution in [0.4, 0.5) is 0 Å². The molecule has 0 amide bonds. The van der Waals surface area contributed by atoms with Gasteiger partial charge in [0.05, 0.1) is 0 Å². The monoisotopic (exact) mass is 442 g/mol. The first-order valence-corrected chi connectivity index (χ1v) is 15.5. The van der Waals surface area contributed by atoms with E-state index in [4.69, 9.17) is 8.37 Å². The van der Waals surface area contributed by atoms with Crippen molar-refractivity contribution < 1.29 is 26.4 Å². The average molecular weight is 443 g/mol. The zero-order chi connectivity index (χ0) is 21.9. The highest BCUT2D eigenvalue weighted by atomic mass is 32.3. The summed E-state index contributed by atoms with van der Waals surface area (Å²) in [5.41, 5.74) is 0. The Labute approximate surface area is 171 Å². The predicted molar refractivity (Wildman–Crippen MR) is 119 cm³/mol. The van der Waals surface area contributed by atoms with Gasteiger partial charge >= 0.3 is 11.9 Å². The molecule has 28 heavy (non-hydrogen) atoms. The van der Waals surface area contributed by atoms with Crippen molar-refractivity contribution in [3.63, 3.8) is 0 Å². The van der Waals surface area contributed by atoms with Gasteiger partial charge in [0.1, 0.15) is 0 Å². The molecular weight excluding hydrogens is 400 g/mol. The lowest BCUT2D eigenvalue weighted by Crippen LogP contribution is -2.51. The maximum absolute atomic E-state index is 13.8. The Kier molecular flexibility index (Phi) is 10.6. The fourth-order valence-electron chi connectivity index (χ4n) is 4.05. The molecule has 170 valence electrons. The lowest BCUT2D eigenvalue weighted by molar-refractivity contribution is -0.156. The van der Waals surface area contributed by atoms with Gasteiger partial charge in [-0.3, -0.25) is 0 Å². The van der Waals surface area contributed by atoms with Crippen LogP contribution in [0.2, 0.25) is 0 Å². The van der Waals surface area contributed by atoms with Crippen molar-refractivity contribution in [2.45, 2.75) is 80.1 Å². The highest BCUT2D eigenvalue weighted by Crippen LogP contribution is 2.34. The van der Waals surface area contributed by atoms with Crippen LogP contribution in [-0.2, 0) is 36.6 Å². The summed E-state index contributed by atoms with van der Waals surface area (Å²) in [6, 6.07) is 0. The number of hydrogen-bond donors (Lipinski definition) is 0. The van der Waals surface area contributed by atoms with E-state index in [-0.39, 0.29) is 34.5 Å². The van der Waals surface area contributed by atoms with Gasteiger partial charge in [0.25, 0.3) is 0 Å². The lowest BCUT2D eigenvalue weighted by Gasteiger charge is -2.48. The number of rotatable bonds is 14. The smallest absolute Gasteiger partial charge is 0.348 e. The minimum atomic E-state index is -3.77. The lowest BCUT2D eigenvalue weighted by atomic mass is 10.6. The maximum Gasteiger partial charge on any atom is 0.440 e. The van der Waals surface area contributed by atoms with E-state index in [1.54, 1.807) is 0 Å². The highest BCUT2D eigenvalue weighted by Gasteiger charge is 2.40. The highest BCUT2D eigenvalue weighted by molar-refractivity contribution is 8.16. The third kappa shape index (κ3) is 7.25. The second-order valence-electron chi connectivity index (χ2n) is 7.74. The molecule has 0 rings (SSSR count). The molecule has 0 atom stereocenters. The van der Waals surface area contributed by atoms with E-state index >= 15 is 0 Å². The molecule has 0 aromatic heterocycles. The van der Waals surface area contributed by atoms with Crippen LogP contribution in [0.15, 0.2) is 0 Å². The molecule has 6 nitrogen and oxygen atoms in total. The second kappa shape index (κ2) is 10.9. The third-order valence-corrected chi connectivity index (χ3v) is 13.8. The zero-order valence-corrected chi connectivity index (χ0v) is 20.4. The van der Waals surface area contributed by atoms with Gasteiger partial charge in [0.2, 0.25) is 0 Å². The van der Waals surface area contributed by atoms with Crippen molar-refractivity contribution in [2.75, 3.05) is 34.5 Å². The third-order valence-electron chi connectivity index (χ3n) is 4.70. The molecule has 0 fully saturated rings. The topological polar surface area (TPSA) is 86.7 Å². The first-order valence-electron chi connectivity index (χ1n) is 10.7. The number of carbonyl (C=O) groups excluding carboxylic acids is 2. The molecule has 0 unspecified atom stereocenters. The Morgan fingerprint density at radius 2 is 0.679 bits per heavy atom. The summed E-state index contributed by atoms with van der Waals surface area (Å²) < 4.78 is 38.5. The number of carbonyl (C=O) groups is 2. The fourth-order valence-corrected chi connectivity index (χ4v) is 12.1. The van der Waals surface area contributed by atoms with E-state index in [1.807, 2.05) is 41.5 Å². The summed E-state index contributed by atoms with van der Waals surface area (Å²) in [6.07, 6.45) is 3.47. The molecular formula is C20H42O6S2. The van der Waals surface area contributed by atoms with Gasteiger partial charge in [-0.25, -0.2) is 9.59 Å². The van der Waals surface area contributed by atoms with Gasteiger partial charge < -0.3 is 8.37 Å². The first-order chi connectivity index (χ1) is 13.0. The van der Waals surface area contributed by atoms with Crippen molar-refractivity contribution in [1.29, 1.82) is 0 Å².